The zero-order valence-electron chi connectivity index (χ0n) is 41.1. The Morgan fingerprint density at radius 1 is 0.475 bits per heavy atom. The molecule has 0 aromatic rings. The van der Waals surface area contributed by atoms with Crippen LogP contribution in [0.15, 0.2) is 24.3 Å². The molecule has 0 heterocycles. The van der Waals surface area contributed by atoms with Crippen LogP contribution in [0.25, 0.3) is 0 Å². The SMILES string of the molecule is CCCCC/C=C/C=C/CCCCCCC(CC(=O)NC(CO)C(O)CCCCCCCCCCCCCCC)OC(=O)CCCCCCCCCCCCCCCCCC. The van der Waals surface area contributed by atoms with Gasteiger partial charge in [-0.1, -0.05) is 251 Å². The standard InChI is InChI=1S/C55H105NO5/c1-4-7-10-13-16-19-22-25-26-27-30-33-36-39-42-45-48-55(60)61-51(46-43-40-37-34-31-28-23-20-17-14-11-8-5-2)49-54(59)56-52(50-57)53(58)47-44-41-38-35-32-29-24-21-18-15-12-9-6-3/h17,20,23,28,51-53,57-58H,4-16,18-19,21-22,24-27,29-50H2,1-3H3,(H,56,59)/b20-17+,28-23+. The number of unbranched alkanes of at least 4 members (excludes halogenated alkanes) is 34. The zero-order chi connectivity index (χ0) is 44.5. The highest BCUT2D eigenvalue weighted by atomic mass is 16.5. The van der Waals surface area contributed by atoms with Crippen molar-refractivity contribution in [2.45, 2.75) is 309 Å². The van der Waals surface area contributed by atoms with E-state index in [1.807, 2.05) is 0 Å². The van der Waals surface area contributed by atoms with Gasteiger partial charge in [-0.05, 0) is 51.4 Å². The molecule has 6 heteroatoms. The Balaban J connectivity index is 4.54. The number of hydrogen-bond donors (Lipinski definition) is 3. The molecule has 0 saturated carbocycles. The fourth-order valence-electron chi connectivity index (χ4n) is 8.42. The second-order valence-corrected chi connectivity index (χ2v) is 18.7. The van der Waals surface area contributed by atoms with Gasteiger partial charge in [0.1, 0.15) is 6.10 Å². The number of esters is 1. The van der Waals surface area contributed by atoms with E-state index in [9.17, 15) is 19.8 Å². The summed E-state index contributed by atoms with van der Waals surface area (Å²) in [6.07, 6.45) is 56.6. The molecule has 61 heavy (non-hydrogen) atoms. The molecular formula is C55H105NO5. The summed E-state index contributed by atoms with van der Waals surface area (Å²) in [5.41, 5.74) is 0. The Morgan fingerprint density at radius 2 is 0.820 bits per heavy atom. The molecule has 0 bridgehead atoms. The molecule has 0 aliphatic heterocycles. The topological polar surface area (TPSA) is 95.9 Å². The predicted octanol–water partition coefficient (Wildman–Crippen LogP) is 16.3. The summed E-state index contributed by atoms with van der Waals surface area (Å²) in [4.78, 5) is 26.2. The van der Waals surface area contributed by atoms with Crippen molar-refractivity contribution in [3.63, 3.8) is 0 Å². The van der Waals surface area contributed by atoms with E-state index in [2.05, 4.69) is 50.4 Å². The van der Waals surface area contributed by atoms with Gasteiger partial charge in [0.2, 0.25) is 5.91 Å². The molecule has 360 valence electrons. The average Bonchev–Trinajstić information content (AvgIpc) is 3.25. The van der Waals surface area contributed by atoms with Crippen LogP contribution in [0.2, 0.25) is 0 Å². The number of aliphatic hydroxyl groups is 2. The van der Waals surface area contributed by atoms with Gasteiger partial charge in [0, 0.05) is 6.42 Å². The van der Waals surface area contributed by atoms with Gasteiger partial charge in [0.15, 0.2) is 0 Å². The number of hydrogen-bond acceptors (Lipinski definition) is 5. The Hall–Kier alpha value is -1.66. The lowest BCUT2D eigenvalue weighted by Crippen LogP contribution is -2.46. The number of ether oxygens (including phenoxy) is 1. The molecule has 6 nitrogen and oxygen atoms in total. The van der Waals surface area contributed by atoms with Gasteiger partial charge in [0.25, 0.3) is 0 Å². The van der Waals surface area contributed by atoms with Crippen molar-refractivity contribution in [2.75, 3.05) is 6.61 Å². The highest BCUT2D eigenvalue weighted by Crippen LogP contribution is 2.18. The smallest absolute Gasteiger partial charge is 0.306 e. The van der Waals surface area contributed by atoms with Gasteiger partial charge in [-0.2, -0.15) is 0 Å². The fourth-order valence-corrected chi connectivity index (χ4v) is 8.42. The summed E-state index contributed by atoms with van der Waals surface area (Å²) in [6.45, 7) is 6.47. The summed E-state index contributed by atoms with van der Waals surface area (Å²) >= 11 is 0. The zero-order valence-corrected chi connectivity index (χ0v) is 41.1. The van der Waals surface area contributed by atoms with Crippen molar-refractivity contribution >= 4 is 11.9 Å². The summed E-state index contributed by atoms with van der Waals surface area (Å²) in [7, 11) is 0. The van der Waals surface area contributed by atoms with Crippen molar-refractivity contribution in [3.8, 4) is 0 Å². The first-order chi connectivity index (χ1) is 30.0. The lowest BCUT2D eigenvalue weighted by molar-refractivity contribution is -0.151. The average molecular weight is 860 g/mol. The van der Waals surface area contributed by atoms with Crippen molar-refractivity contribution in [1.29, 1.82) is 0 Å². The van der Waals surface area contributed by atoms with Crippen molar-refractivity contribution in [3.05, 3.63) is 24.3 Å². The molecule has 0 fully saturated rings. The van der Waals surface area contributed by atoms with Gasteiger partial charge >= 0.3 is 5.97 Å². The van der Waals surface area contributed by atoms with E-state index in [0.717, 1.165) is 70.6 Å². The van der Waals surface area contributed by atoms with Crippen LogP contribution in [0, 0.1) is 0 Å². The Morgan fingerprint density at radius 3 is 1.25 bits per heavy atom. The molecule has 3 N–H and O–H groups in total. The van der Waals surface area contributed by atoms with Gasteiger partial charge in [0.05, 0.1) is 25.2 Å². The number of allylic oxidation sites excluding steroid dienone is 4. The normalized spacial score (nSPS) is 13.3. The Kier molecular flexibility index (Phi) is 48.0. The molecular weight excluding hydrogens is 755 g/mol. The molecule has 0 aromatic carbocycles. The first-order valence-corrected chi connectivity index (χ1v) is 27.1. The minimum atomic E-state index is -0.789. The second-order valence-electron chi connectivity index (χ2n) is 18.7. The molecule has 3 atom stereocenters. The molecule has 1 amide bonds. The van der Waals surface area contributed by atoms with Crippen LogP contribution < -0.4 is 5.32 Å². The van der Waals surface area contributed by atoms with Crippen molar-refractivity contribution in [2.24, 2.45) is 0 Å². The van der Waals surface area contributed by atoms with E-state index in [0.29, 0.717) is 19.3 Å². The number of carbonyl (C=O) groups excluding carboxylic acids is 2. The summed E-state index contributed by atoms with van der Waals surface area (Å²) in [5, 5.41) is 23.8. The second kappa shape index (κ2) is 49.4. The molecule has 0 saturated heterocycles. The van der Waals surface area contributed by atoms with Crippen LogP contribution in [-0.2, 0) is 14.3 Å². The third-order valence-corrected chi connectivity index (χ3v) is 12.6. The van der Waals surface area contributed by atoms with E-state index in [4.69, 9.17) is 4.74 Å². The Bertz CT molecular complexity index is 966. The summed E-state index contributed by atoms with van der Waals surface area (Å²) in [6, 6.07) is -0.703. The monoisotopic (exact) mass is 860 g/mol. The van der Waals surface area contributed by atoms with Crippen LogP contribution in [0.5, 0.6) is 0 Å². The van der Waals surface area contributed by atoms with Crippen LogP contribution in [0.1, 0.15) is 290 Å². The first-order valence-electron chi connectivity index (χ1n) is 27.1. The quantitative estimate of drug-likeness (QED) is 0.0322. The fraction of sp³-hybridized carbons (Fsp3) is 0.891. The molecule has 0 aliphatic rings. The van der Waals surface area contributed by atoms with Crippen LogP contribution in [0.4, 0.5) is 0 Å². The number of rotatable bonds is 49. The lowest BCUT2D eigenvalue weighted by Gasteiger charge is -2.24. The van der Waals surface area contributed by atoms with Crippen LogP contribution in [-0.4, -0.2) is 46.9 Å². The van der Waals surface area contributed by atoms with E-state index in [-0.39, 0.29) is 24.9 Å². The van der Waals surface area contributed by atoms with Gasteiger partial charge in [-0.25, -0.2) is 0 Å². The Labute approximate surface area is 380 Å². The minimum absolute atomic E-state index is 0.0694. The molecule has 0 aliphatic carbocycles. The maximum atomic E-state index is 13.2. The van der Waals surface area contributed by atoms with Crippen molar-refractivity contribution in [1.82, 2.24) is 5.32 Å². The predicted molar refractivity (Wildman–Crippen MR) is 264 cm³/mol. The molecule has 0 radical (unpaired) electrons. The first kappa shape index (κ1) is 59.3. The van der Waals surface area contributed by atoms with E-state index < -0.39 is 18.2 Å². The number of carbonyl (C=O) groups is 2. The van der Waals surface area contributed by atoms with Crippen LogP contribution >= 0.6 is 0 Å². The maximum absolute atomic E-state index is 13.2. The van der Waals surface area contributed by atoms with Crippen LogP contribution in [0.3, 0.4) is 0 Å². The largest absolute Gasteiger partial charge is 0.462 e. The summed E-state index contributed by atoms with van der Waals surface area (Å²) < 4.78 is 5.94. The summed E-state index contributed by atoms with van der Waals surface area (Å²) in [5.74, 6) is -0.478. The van der Waals surface area contributed by atoms with Gasteiger partial charge in [-0.15, -0.1) is 0 Å². The van der Waals surface area contributed by atoms with Gasteiger partial charge < -0.3 is 20.3 Å². The number of amides is 1. The molecule has 3 unspecified atom stereocenters. The van der Waals surface area contributed by atoms with E-state index >= 15 is 0 Å². The van der Waals surface area contributed by atoms with Crippen molar-refractivity contribution < 1.29 is 24.5 Å². The van der Waals surface area contributed by atoms with E-state index in [1.54, 1.807) is 0 Å². The molecule has 0 spiro atoms. The maximum Gasteiger partial charge on any atom is 0.306 e. The number of aliphatic hydroxyl groups excluding tert-OH is 2. The third-order valence-electron chi connectivity index (χ3n) is 12.6. The highest BCUT2D eigenvalue weighted by Gasteiger charge is 2.24. The molecule has 0 rings (SSSR count). The highest BCUT2D eigenvalue weighted by molar-refractivity contribution is 5.77. The van der Waals surface area contributed by atoms with Gasteiger partial charge in [-0.3, -0.25) is 9.59 Å². The third kappa shape index (κ3) is 44.7. The van der Waals surface area contributed by atoms with E-state index in [1.165, 1.54) is 173 Å². The number of nitrogens with one attached hydrogen (secondary N) is 1. The minimum Gasteiger partial charge on any atom is -0.462 e. The lowest BCUT2D eigenvalue weighted by atomic mass is 10.0. The molecule has 0 aromatic heterocycles.